The number of rotatable bonds is 15. The van der Waals surface area contributed by atoms with Crippen molar-refractivity contribution in [1.82, 2.24) is 19.6 Å². The fourth-order valence-electron chi connectivity index (χ4n) is 5.15. The van der Waals surface area contributed by atoms with Crippen molar-refractivity contribution in [3.05, 3.63) is 143 Å². The second-order valence-electron chi connectivity index (χ2n) is 11.2. The number of halogens is 3. The third-order valence-electron chi connectivity index (χ3n) is 7.76. The van der Waals surface area contributed by atoms with E-state index in [-0.39, 0.29) is 42.0 Å². The number of nitrogens with one attached hydrogen (secondary N) is 2. The zero-order valence-electron chi connectivity index (χ0n) is 26.8. The number of ether oxygens (including phenoxy) is 1. The number of sulfonamides is 1. The van der Waals surface area contributed by atoms with Gasteiger partial charge in [0.25, 0.3) is 21.8 Å². The lowest BCUT2D eigenvalue weighted by Gasteiger charge is -2.21. The molecule has 0 aliphatic rings. The van der Waals surface area contributed by atoms with Crippen LogP contribution in [0.1, 0.15) is 33.9 Å². The molecule has 5 aromatic rings. The molecule has 0 bridgehead atoms. The van der Waals surface area contributed by atoms with Crippen molar-refractivity contribution in [2.45, 2.75) is 30.0 Å². The van der Waals surface area contributed by atoms with E-state index in [9.17, 15) is 26.8 Å². The first-order valence-corrected chi connectivity index (χ1v) is 18.6. The average molecular weight is 739 g/mol. The summed E-state index contributed by atoms with van der Waals surface area (Å²) in [5, 5.41) is 3.03. The van der Waals surface area contributed by atoms with E-state index in [0.717, 1.165) is 5.56 Å². The van der Waals surface area contributed by atoms with E-state index in [4.69, 9.17) is 16.3 Å². The second-order valence-corrected chi connectivity index (χ2v) is 14.3. The Bertz CT molecular complexity index is 2010. The largest absolute Gasteiger partial charge is 0.374 e. The molecule has 5 rings (SSSR count). The van der Waals surface area contributed by atoms with E-state index in [1.54, 1.807) is 49.1 Å². The van der Waals surface area contributed by atoms with Crippen LogP contribution in [-0.4, -0.2) is 54.4 Å². The number of carbonyl (C=O) groups excluding carboxylic acids is 2. The van der Waals surface area contributed by atoms with Crippen molar-refractivity contribution < 1.29 is 31.5 Å². The van der Waals surface area contributed by atoms with Gasteiger partial charge in [0.2, 0.25) is 0 Å². The predicted molar refractivity (Wildman–Crippen MR) is 189 cm³/mol. The van der Waals surface area contributed by atoms with Gasteiger partial charge in [-0.05, 0) is 101 Å². The molecule has 14 heteroatoms. The molecule has 0 aliphatic heterocycles. The van der Waals surface area contributed by atoms with Crippen LogP contribution in [0.2, 0.25) is 5.02 Å². The highest BCUT2D eigenvalue weighted by molar-refractivity contribution is 7.98. The Morgan fingerprint density at radius 3 is 2.28 bits per heavy atom. The third-order valence-corrected chi connectivity index (χ3v) is 10.0. The van der Waals surface area contributed by atoms with E-state index in [2.05, 4.69) is 15.0 Å². The summed E-state index contributed by atoms with van der Waals surface area (Å²) in [4.78, 5) is 31.0. The number of carbonyl (C=O) groups is 2. The number of thioether (sulfide) groups is 1. The molecular weight excluding hydrogens is 706 g/mol. The van der Waals surface area contributed by atoms with Crippen LogP contribution in [0.4, 0.5) is 8.78 Å². The predicted octanol–water partition coefficient (Wildman–Crippen LogP) is 6.64. The van der Waals surface area contributed by atoms with E-state index >= 15 is 0 Å². The second kappa shape index (κ2) is 16.9. The first kappa shape index (κ1) is 36.7. The number of imidazole rings is 1. The van der Waals surface area contributed by atoms with Gasteiger partial charge in [0.05, 0.1) is 30.5 Å². The van der Waals surface area contributed by atoms with Gasteiger partial charge >= 0.3 is 0 Å². The lowest BCUT2D eigenvalue weighted by molar-refractivity contribution is -0.121. The maximum Gasteiger partial charge on any atom is 0.264 e. The molecule has 1 aromatic heterocycles. The van der Waals surface area contributed by atoms with E-state index in [1.165, 1.54) is 72.4 Å². The fourth-order valence-corrected chi connectivity index (χ4v) is 6.76. The zero-order valence-corrected chi connectivity index (χ0v) is 29.2. The molecule has 0 saturated heterocycles. The summed E-state index contributed by atoms with van der Waals surface area (Å²) in [5.74, 6) is -1.88. The number of nitrogens with zero attached hydrogens (tertiary/aromatic N) is 2. The maximum atomic E-state index is 13.9. The summed E-state index contributed by atoms with van der Waals surface area (Å²) < 4.78 is 63.4. The lowest BCUT2D eigenvalue weighted by atomic mass is 9.96. The van der Waals surface area contributed by atoms with Crippen molar-refractivity contribution in [2.75, 3.05) is 18.6 Å². The molecule has 2 amide bonds. The van der Waals surface area contributed by atoms with Gasteiger partial charge in [-0.3, -0.25) is 9.59 Å². The van der Waals surface area contributed by atoms with Crippen LogP contribution < -0.4 is 10.0 Å². The Hall–Kier alpha value is -4.56. The minimum absolute atomic E-state index is 0.143. The highest BCUT2D eigenvalue weighted by Crippen LogP contribution is 2.27. The topological polar surface area (TPSA) is 119 Å². The van der Waals surface area contributed by atoms with Crippen molar-refractivity contribution >= 4 is 45.2 Å². The monoisotopic (exact) mass is 738 g/mol. The van der Waals surface area contributed by atoms with E-state index in [0.29, 0.717) is 27.5 Å². The Balaban J connectivity index is 1.36. The van der Waals surface area contributed by atoms with Gasteiger partial charge in [-0.1, -0.05) is 41.9 Å². The number of benzene rings is 4. The van der Waals surface area contributed by atoms with Gasteiger partial charge in [0.15, 0.2) is 0 Å². The molecular formula is C36H33ClF2N4O5S2. The molecule has 0 fully saturated rings. The SMILES string of the molecule is CSCC[C@H](NC(=O)c1ccc(COCC(c2ccc(F)cc2)n2ccnc2)cc1-c1ccc(F)cc1)C(=O)NS(=O)(=O)c1ccc(Cl)cc1. The molecule has 9 nitrogen and oxygen atoms in total. The quantitative estimate of drug-likeness (QED) is 0.124. The Kier molecular flexibility index (Phi) is 12.4. The standard InChI is InChI=1S/C36H33ClF2N4O5S2/c1-49-19-16-33(36(45)42-50(46,47)30-13-7-27(37)8-14-30)41-35(44)31-15-2-24(20-32(31)25-3-9-28(38)10-4-25)21-48-22-34(43-18-17-40-23-43)26-5-11-29(39)12-6-26/h2-15,17-18,20,23,33-34H,16,19,21-22H2,1H3,(H,41,44)(H,42,45)/t33-,34?/m0/s1. The van der Waals surface area contributed by atoms with Crippen LogP contribution in [0.15, 0.2) is 115 Å². The molecule has 0 spiro atoms. The van der Waals surface area contributed by atoms with Gasteiger partial charge in [0, 0.05) is 23.0 Å². The van der Waals surface area contributed by atoms with Crippen molar-refractivity contribution in [1.29, 1.82) is 0 Å². The first-order chi connectivity index (χ1) is 24.0. The highest BCUT2D eigenvalue weighted by Gasteiger charge is 2.27. The number of amides is 2. The minimum Gasteiger partial charge on any atom is -0.374 e. The van der Waals surface area contributed by atoms with Gasteiger partial charge in [-0.15, -0.1) is 0 Å². The van der Waals surface area contributed by atoms with Crippen LogP contribution in [-0.2, 0) is 26.2 Å². The summed E-state index contributed by atoms with van der Waals surface area (Å²) in [5.41, 5.74) is 2.70. The van der Waals surface area contributed by atoms with Gasteiger partial charge in [-0.25, -0.2) is 26.9 Å². The molecule has 2 N–H and O–H groups in total. The third kappa shape index (κ3) is 9.57. The lowest BCUT2D eigenvalue weighted by Crippen LogP contribution is -2.48. The van der Waals surface area contributed by atoms with Crippen LogP contribution >= 0.6 is 23.4 Å². The Morgan fingerprint density at radius 2 is 1.64 bits per heavy atom. The minimum atomic E-state index is -4.24. The van der Waals surface area contributed by atoms with Gasteiger partial charge < -0.3 is 14.6 Å². The molecule has 4 aromatic carbocycles. The van der Waals surface area contributed by atoms with Crippen LogP contribution in [0, 0.1) is 11.6 Å². The number of hydrogen-bond donors (Lipinski definition) is 2. The van der Waals surface area contributed by atoms with Crippen LogP contribution in [0.5, 0.6) is 0 Å². The van der Waals surface area contributed by atoms with E-state index < -0.39 is 33.7 Å². The molecule has 50 heavy (non-hydrogen) atoms. The Morgan fingerprint density at radius 1 is 0.960 bits per heavy atom. The summed E-state index contributed by atoms with van der Waals surface area (Å²) in [6, 6.07) is 20.6. The molecule has 1 heterocycles. The summed E-state index contributed by atoms with van der Waals surface area (Å²) in [7, 11) is -4.24. The summed E-state index contributed by atoms with van der Waals surface area (Å²) in [6.07, 6.45) is 7.06. The number of hydrogen-bond acceptors (Lipinski definition) is 7. The van der Waals surface area contributed by atoms with Crippen molar-refractivity contribution in [2.24, 2.45) is 0 Å². The van der Waals surface area contributed by atoms with Gasteiger partial charge in [0.1, 0.15) is 17.7 Å². The molecule has 0 aliphatic carbocycles. The van der Waals surface area contributed by atoms with Crippen molar-refractivity contribution in [3.63, 3.8) is 0 Å². The summed E-state index contributed by atoms with van der Waals surface area (Å²) in [6.45, 7) is 0.366. The molecule has 0 radical (unpaired) electrons. The van der Waals surface area contributed by atoms with E-state index in [1.807, 2.05) is 10.8 Å². The molecule has 0 saturated carbocycles. The van der Waals surface area contributed by atoms with Gasteiger partial charge in [-0.2, -0.15) is 11.8 Å². The fraction of sp³-hybridized carbons (Fsp3) is 0.194. The van der Waals surface area contributed by atoms with Crippen molar-refractivity contribution in [3.8, 4) is 11.1 Å². The smallest absolute Gasteiger partial charge is 0.264 e. The summed E-state index contributed by atoms with van der Waals surface area (Å²) >= 11 is 7.31. The molecule has 260 valence electrons. The first-order valence-electron chi connectivity index (χ1n) is 15.4. The van der Waals surface area contributed by atoms with Crippen LogP contribution in [0.3, 0.4) is 0 Å². The molecule has 2 atom stereocenters. The Labute approximate surface area is 298 Å². The number of aromatic nitrogens is 2. The zero-order chi connectivity index (χ0) is 35.7. The normalized spacial score (nSPS) is 12.6. The van der Waals surface area contributed by atoms with Crippen LogP contribution in [0.25, 0.3) is 11.1 Å². The highest BCUT2D eigenvalue weighted by atomic mass is 35.5. The maximum absolute atomic E-state index is 13.9. The average Bonchev–Trinajstić information content (AvgIpc) is 3.64. The molecule has 1 unspecified atom stereocenters.